The summed E-state index contributed by atoms with van der Waals surface area (Å²) in [4.78, 5) is 37.1. The fraction of sp³-hybridized carbons (Fsp3) is 0.269. The van der Waals surface area contributed by atoms with Crippen LogP contribution in [0.1, 0.15) is 31.9 Å². The van der Waals surface area contributed by atoms with Crippen molar-refractivity contribution in [2.24, 2.45) is 0 Å². The van der Waals surface area contributed by atoms with Crippen LogP contribution in [-0.2, 0) is 37.0 Å². The summed E-state index contributed by atoms with van der Waals surface area (Å²) in [7, 11) is 1.22. The molecule has 0 unspecified atom stereocenters. The first-order valence-corrected chi connectivity index (χ1v) is 10.7. The summed E-state index contributed by atoms with van der Waals surface area (Å²) >= 11 is 0. The number of carbonyl (C=O) groups excluding carboxylic acids is 3. The van der Waals surface area contributed by atoms with E-state index in [4.69, 9.17) is 14.2 Å². The standard InChI is InChI=1S/C26H28N2O6/c1-26(2,3)34-23(29)16-28-15-19(20-12-8-9-13-22(20)28)14-21(24(30)32-4)27-25(31)33-17-18-10-6-5-7-11-18/h5-15H,16-17H2,1-4H3,(H,27,31)/b21-14-. The van der Waals surface area contributed by atoms with Gasteiger partial charge in [0.2, 0.25) is 0 Å². The van der Waals surface area contributed by atoms with Crippen molar-refractivity contribution >= 4 is 35.0 Å². The lowest BCUT2D eigenvalue weighted by Gasteiger charge is -2.19. The number of aromatic nitrogens is 1. The lowest BCUT2D eigenvalue weighted by Crippen LogP contribution is -2.28. The zero-order valence-corrected chi connectivity index (χ0v) is 19.7. The minimum absolute atomic E-state index is 0.00821. The van der Waals surface area contributed by atoms with E-state index in [1.165, 1.54) is 13.2 Å². The summed E-state index contributed by atoms with van der Waals surface area (Å²) in [6.45, 7) is 5.45. The number of ether oxygens (including phenoxy) is 3. The fourth-order valence-corrected chi connectivity index (χ4v) is 3.31. The second-order valence-corrected chi connectivity index (χ2v) is 8.55. The number of methoxy groups -OCH3 is 1. The van der Waals surface area contributed by atoms with Gasteiger partial charge in [0.25, 0.3) is 0 Å². The third-order valence-corrected chi connectivity index (χ3v) is 4.69. The number of rotatable bonds is 7. The third-order valence-electron chi connectivity index (χ3n) is 4.69. The molecular formula is C26H28N2O6. The van der Waals surface area contributed by atoms with Gasteiger partial charge in [0, 0.05) is 22.7 Å². The Bertz CT molecular complexity index is 1210. The molecule has 1 N–H and O–H groups in total. The number of amides is 1. The maximum Gasteiger partial charge on any atom is 0.412 e. The first kappa shape index (κ1) is 24.6. The Kier molecular flexibility index (Phi) is 7.73. The quantitative estimate of drug-likeness (QED) is 0.316. The number of alkyl carbamates (subject to hydrolysis) is 1. The van der Waals surface area contributed by atoms with Crippen LogP contribution in [0.3, 0.4) is 0 Å². The van der Waals surface area contributed by atoms with E-state index in [1.807, 2.05) is 54.6 Å². The van der Waals surface area contributed by atoms with Crippen LogP contribution in [0.25, 0.3) is 17.0 Å². The van der Waals surface area contributed by atoms with Gasteiger partial charge in [-0.05, 0) is 38.5 Å². The molecule has 0 bridgehead atoms. The molecule has 0 spiro atoms. The van der Waals surface area contributed by atoms with Crippen molar-refractivity contribution in [3.8, 4) is 0 Å². The van der Waals surface area contributed by atoms with Crippen molar-refractivity contribution < 1.29 is 28.6 Å². The van der Waals surface area contributed by atoms with Gasteiger partial charge in [-0.15, -0.1) is 0 Å². The third kappa shape index (κ3) is 6.71. The monoisotopic (exact) mass is 464 g/mol. The predicted octanol–water partition coefficient (Wildman–Crippen LogP) is 4.42. The predicted molar refractivity (Wildman–Crippen MR) is 128 cm³/mol. The van der Waals surface area contributed by atoms with Gasteiger partial charge in [0.15, 0.2) is 0 Å². The van der Waals surface area contributed by atoms with Crippen LogP contribution in [0.4, 0.5) is 4.79 Å². The average molecular weight is 465 g/mol. The number of para-hydroxylation sites is 1. The van der Waals surface area contributed by atoms with Crippen molar-refractivity contribution in [3.05, 3.63) is 77.6 Å². The van der Waals surface area contributed by atoms with Crippen molar-refractivity contribution in [2.45, 2.75) is 39.5 Å². The second kappa shape index (κ2) is 10.7. The van der Waals surface area contributed by atoms with Crippen LogP contribution in [0.15, 0.2) is 66.5 Å². The summed E-state index contributed by atoms with van der Waals surface area (Å²) in [6.07, 6.45) is 2.41. The summed E-state index contributed by atoms with van der Waals surface area (Å²) in [5, 5.41) is 3.24. The molecule has 3 rings (SSSR count). The average Bonchev–Trinajstić information content (AvgIpc) is 3.13. The molecule has 3 aromatic rings. The van der Waals surface area contributed by atoms with Gasteiger partial charge in [-0.3, -0.25) is 10.1 Å². The molecule has 0 fully saturated rings. The van der Waals surface area contributed by atoms with Gasteiger partial charge in [-0.2, -0.15) is 0 Å². The van der Waals surface area contributed by atoms with E-state index in [0.717, 1.165) is 16.5 Å². The van der Waals surface area contributed by atoms with E-state index < -0.39 is 17.7 Å². The fourth-order valence-electron chi connectivity index (χ4n) is 3.31. The van der Waals surface area contributed by atoms with Crippen LogP contribution < -0.4 is 5.32 Å². The van der Waals surface area contributed by atoms with Crippen molar-refractivity contribution in [3.63, 3.8) is 0 Å². The Morgan fingerprint density at radius 1 is 1.00 bits per heavy atom. The number of benzene rings is 2. The molecule has 2 aromatic carbocycles. The minimum Gasteiger partial charge on any atom is -0.464 e. The van der Waals surface area contributed by atoms with E-state index in [0.29, 0.717) is 5.56 Å². The number of esters is 2. The lowest BCUT2D eigenvalue weighted by molar-refractivity contribution is -0.155. The highest BCUT2D eigenvalue weighted by molar-refractivity contribution is 6.00. The summed E-state index contributed by atoms with van der Waals surface area (Å²) in [5.41, 5.74) is 1.50. The van der Waals surface area contributed by atoms with Crippen molar-refractivity contribution in [1.29, 1.82) is 0 Å². The van der Waals surface area contributed by atoms with Gasteiger partial charge < -0.3 is 18.8 Å². The molecule has 0 atom stereocenters. The van der Waals surface area contributed by atoms with Crippen LogP contribution in [0.2, 0.25) is 0 Å². The van der Waals surface area contributed by atoms with Crippen LogP contribution in [-0.4, -0.2) is 35.3 Å². The highest BCUT2D eigenvalue weighted by Crippen LogP contribution is 2.24. The van der Waals surface area contributed by atoms with Gasteiger partial charge in [0.05, 0.1) is 7.11 Å². The molecule has 8 nitrogen and oxygen atoms in total. The van der Waals surface area contributed by atoms with Gasteiger partial charge >= 0.3 is 18.0 Å². The Morgan fingerprint density at radius 3 is 2.35 bits per heavy atom. The number of fused-ring (bicyclic) bond motifs is 1. The number of nitrogens with one attached hydrogen (secondary N) is 1. The lowest BCUT2D eigenvalue weighted by atomic mass is 10.1. The molecule has 0 saturated carbocycles. The summed E-state index contributed by atoms with van der Waals surface area (Å²) in [6, 6.07) is 16.6. The van der Waals surface area contributed by atoms with E-state index in [2.05, 4.69) is 5.32 Å². The summed E-state index contributed by atoms with van der Waals surface area (Å²) < 4.78 is 17.2. The molecule has 178 valence electrons. The normalized spacial score (nSPS) is 11.7. The molecule has 1 aromatic heterocycles. The highest BCUT2D eigenvalue weighted by atomic mass is 16.6. The topological polar surface area (TPSA) is 95.9 Å². The molecule has 0 aliphatic carbocycles. The van der Waals surface area contributed by atoms with Gasteiger partial charge in [-0.25, -0.2) is 9.59 Å². The Hall–Kier alpha value is -4.07. The molecule has 0 saturated heterocycles. The van der Waals surface area contributed by atoms with E-state index in [-0.39, 0.29) is 24.8 Å². The van der Waals surface area contributed by atoms with Gasteiger partial charge in [-0.1, -0.05) is 48.5 Å². The largest absolute Gasteiger partial charge is 0.464 e. The molecule has 1 heterocycles. The van der Waals surface area contributed by atoms with Crippen LogP contribution >= 0.6 is 0 Å². The van der Waals surface area contributed by atoms with Crippen molar-refractivity contribution in [1.82, 2.24) is 9.88 Å². The SMILES string of the molecule is COC(=O)/C(=C/c1cn(CC(=O)OC(C)(C)C)c2ccccc12)NC(=O)OCc1ccccc1. The Labute approximate surface area is 198 Å². The number of nitrogens with zero attached hydrogens (tertiary/aromatic N) is 1. The van der Waals surface area contributed by atoms with Crippen LogP contribution in [0, 0.1) is 0 Å². The van der Waals surface area contributed by atoms with E-state index in [1.54, 1.807) is 31.5 Å². The number of carbonyl (C=O) groups is 3. The molecule has 1 amide bonds. The molecule has 0 aliphatic rings. The minimum atomic E-state index is -0.794. The molecule has 8 heteroatoms. The van der Waals surface area contributed by atoms with E-state index >= 15 is 0 Å². The second-order valence-electron chi connectivity index (χ2n) is 8.55. The first-order valence-electron chi connectivity index (χ1n) is 10.7. The Morgan fingerprint density at radius 2 is 1.68 bits per heavy atom. The number of hydrogen-bond donors (Lipinski definition) is 1. The highest BCUT2D eigenvalue weighted by Gasteiger charge is 2.19. The molecule has 0 aliphatic heterocycles. The molecular weight excluding hydrogens is 436 g/mol. The molecule has 34 heavy (non-hydrogen) atoms. The van der Waals surface area contributed by atoms with Crippen LogP contribution in [0.5, 0.6) is 0 Å². The zero-order chi connectivity index (χ0) is 24.7. The molecule has 0 radical (unpaired) electrons. The Balaban J connectivity index is 1.85. The first-order chi connectivity index (χ1) is 16.2. The smallest absolute Gasteiger partial charge is 0.412 e. The maximum atomic E-state index is 12.4. The maximum absolute atomic E-state index is 12.4. The summed E-state index contributed by atoms with van der Waals surface area (Å²) in [5.74, 6) is -1.12. The van der Waals surface area contributed by atoms with Gasteiger partial charge in [0.1, 0.15) is 24.4 Å². The van der Waals surface area contributed by atoms with Crippen molar-refractivity contribution in [2.75, 3.05) is 7.11 Å². The zero-order valence-electron chi connectivity index (χ0n) is 19.7. The van der Waals surface area contributed by atoms with E-state index in [9.17, 15) is 14.4 Å². The number of hydrogen-bond acceptors (Lipinski definition) is 6.